The predicted molar refractivity (Wildman–Crippen MR) is 100 cm³/mol. The molecule has 2 aromatic heterocycles. The molecule has 0 unspecified atom stereocenters. The Morgan fingerprint density at radius 1 is 1.12 bits per heavy atom. The Morgan fingerprint density at radius 3 is 2.56 bits per heavy atom. The average Bonchev–Trinajstić information content (AvgIpc) is 2.66. The van der Waals surface area contributed by atoms with Gasteiger partial charge in [-0.1, -0.05) is 30.3 Å². The Bertz CT molecular complexity index is 891. The van der Waals surface area contributed by atoms with Gasteiger partial charge in [0.1, 0.15) is 11.4 Å². The zero-order valence-corrected chi connectivity index (χ0v) is 14.1. The minimum absolute atomic E-state index is 0.142. The predicted octanol–water partition coefficient (Wildman–Crippen LogP) is 2.47. The van der Waals surface area contributed by atoms with Gasteiger partial charge in [-0.2, -0.15) is 0 Å². The molecule has 0 aliphatic rings. The number of nitrogens with one attached hydrogen (secondary N) is 1. The standard InChI is InChI=1S/C19H21N5O/c1-24-18(25)16(20)17(15-9-12-21-13-10-15)23-19(24)22-11-5-8-14-6-3-2-4-7-14/h2-4,6-7,9-10,12-13H,5,8,11,20H2,1H3,(H,22,23). The molecule has 0 fully saturated rings. The first-order valence-electron chi connectivity index (χ1n) is 8.21. The third-order valence-corrected chi connectivity index (χ3v) is 4.05. The number of aryl methyl sites for hydroxylation is 1. The summed E-state index contributed by atoms with van der Waals surface area (Å²) in [5.74, 6) is 0.513. The van der Waals surface area contributed by atoms with Crippen molar-refractivity contribution in [3.05, 3.63) is 70.8 Å². The molecule has 0 atom stereocenters. The third-order valence-electron chi connectivity index (χ3n) is 4.05. The highest BCUT2D eigenvalue weighted by Gasteiger charge is 2.13. The van der Waals surface area contributed by atoms with E-state index < -0.39 is 0 Å². The lowest BCUT2D eigenvalue weighted by Crippen LogP contribution is -2.26. The number of pyridine rings is 1. The van der Waals surface area contributed by atoms with Crippen LogP contribution in [0.5, 0.6) is 0 Å². The van der Waals surface area contributed by atoms with Crippen LogP contribution in [0.3, 0.4) is 0 Å². The first-order chi connectivity index (χ1) is 12.2. The van der Waals surface area contributed by atoms with Gasteiger partial charge in [-0.3, -0.25) is 14.3 Å². The molecule has 0 aliphatic heterocycles. The molecular weight excluding hydrogens is 314 g/mol. The van der Waals surface area contributed by atoms with E-state index in [1.54, 1.807) is 31.6 Å². The second-order valence-electron chi connectivity index (χ2n) is 5.81. The van der Waals surface area contributed by atoms with Crippen LogP contribution in [0.1, 0.15) is 12.0 Å². The fourth-order valence-electron chi connectivity index (χ4n) is 2.64. The highest BCUT2D eigenvalue weighted by Crippen LogP contribution is 2.21. The van der Waals surface area contributed by atoms with Crippen LogP contribution in [0, 0.1) is 0 Å². The largest absolute Gasteiger partial charge is 0.392 e. The average molecular weight is 335 g/mol. The van der Waals surface area contributed by atoms with Crippen LogP contribution in [0.4, 0.5) is 11.6 Å². The number of hydrogen-bond donors (Lipinski definition) is 2. The van der Waals surface area contributed by atoms with Crippen molar-refractivity contribution in [2.24, 2.45) is 7.05 Å². The highest BCUT2D eigenvalue weighted by molar-refractivity contribution is 5.72. The SMILES string of the molecule is Cn1c(NCCCc2ccccc2)nc(-c2ccncc2)c(N)c1=O. The maximum Gasteiger partial charge on any atom is 0.278 e. The van der Waals surface area contributed by atoms with Crippen molar-refractivity contribution in [2.45, 2.75) is 12.8 Å². The summed E-state index contributed by atoms with van der Waals surface area (Å²) in [5.41, 5.74) is 8.41. The Labute approximate surface area is 146 Å². The molecule has 2 heterocycles. The monoisotopic (exact) mass is 335 g/mol. The van der Waals surface area contributed by atoms with Gasteiger partial charge in [0.15, 0.2) is 0 Å². The van der Waals surface area contributed by atoms with Crippen LogP contribution in [-0.2, 0) is 13.5 Å². The van der Waals surface area contributed by atoms with Crippen LogP contribution >= 0.6 is 0 Å². The van der Waals surface area contributed by atoms with Crippen molar-refractivity contribution < 1.29 is 0 Å². The second kappa shape index (κ2) is 7.61. The molecule has 0 saturated heterocycles. The summed E-state index contributed by atoms with van der Waals surface area (Å²) in [6.07, 6.45) is 5.21. The van der Waals surface area contributed by atoms with Gasteiger partial charge >= 0.3 is 0 Å². The van der Waals surface area contributed by atoms with Crippen LogP contribution in [0.15, 0.2) is 59.7 Å². The first kappa shape index (κ1) is 16.7. The zero-order chi connectivity index (χ0) is 17.6. The van der Waals surface area contributed by atoms with Crippen molar-refractivity contribution in [1.29, 1.82) is 0 Å². The van der Waals surface area contributed by atoms with E-state index in [2.05, 4.69) is 27.4 Å². The van der Waals surface area contributed by atoms with Crippen molar-refractivity contribution in [3.63, 3.8) is 0 Å². The molecule has 0 saturated carbocycles. The maximum absolute atomic E-state index is 12.4. The molecule has 6 nitrogen and oxygen atoms in total. The molecule has 3 N–H and O–H groups in total. The fraction of sp³-hybridized carbons (Fsp3) is 0.211. The molecule has 0 bridgehead atoms. The number of nitrogen functional groups attached to an aromatic ring is 1. The van der Waals surface area contributed by atoms with Gasteiger partial charge in [0.05, 0.1) is 0 Å². The van der Waals surface area contributed by atoms with Gasteiger partial charge in [-0.05, 0) is 30.5 Å². The summed E-state index contributed by atoms with van der Waals surface area (Å²) in [5, 5.41) is 3.24. The Kier molecular flexibility index (Phi) is 5.09. The van der Waals surface area contributed by atoms with Crippen molar-refractivity contribution in [3.8, 4) is 11.3 Å². The second-order valence-corrected chi connectivity index (χ2v) is 5.81. The van der Waals surface area contributed by atoms with E-state index in [0.29, 0.717) is 11.6 Å². The topological polar surface area (TPSA) is 85.8 Å². The number of aromatic nitrogens is 3. The highest BCUT2D eigenvalue weighted by atomic mass is 16.1. The first-order valence-corrected chi connectivity index (χ1v) is 8.21. The molecule has 128 valence electrons. The van der Waals surface area contributed by atoms with Crippen molar-refractivity contribution in [2.75, 3.05) is 17.6 Å². The van der Waals surface area contributed by atoms with E-state index >= 15 is 0 Å². The van der Waals surface area contributed by atoms with Crippen molar-refractivity contribution in [1.82, 2.24) is 14.5 Å². The summed E-state index contributed by atoms with van der Waals surface area (Å²) in [7, 11) is 1.67. The minimum atomic E-state index is -0.257. The van der Waals surface area contributed by atoms with Gasteiger partial charge < -0.3 is 11.1 Å². The van der Waals surface area contributed by atoms with E-state index in [9.17, 15) is 4.79 Å². The van der Waals surface area contributed by atoms with E-state index in [-0.39, 0.29) is 11.2 Å². The molecule has 3 rings (SSSR count). The fourth-order valence-corrected chi connectivity index (χ4v) is 2.64. The number of anilines is 2. The number of benzene rings is 1. The van der Waals surface area contributed by atoms with Crippen LogP contribution in [0.2, 0.25) is 0 Å². The van der Waals surface area contributed by atoms with E-state index in [4.69, 9.17) is 5.73 Å². The number of rotatable bonds is 6. The smallest absolute Gasteiger partial charge is 0.278 e. The molecule has 3 aromatic rings. The third kappa shape index (κ3) is 3.85. The number of hydrogen-bond acceptors (Lipinski definition) is 5. The van der Waals surface area contributed by atoms with Gasteiger partial charge in [-0.15, -0.1) is 0 Å². The van der Waals surface area contributed by atoms with Gasteiger partial charge in [0, 0.05) is 31.5 Å². The molecule has 25 heavy (non-hydrogen) atoms. The summed E-state index contributed by atoms with van der Waals surface area (Å²) in [6.45, 7) is 0.717. The minimum Gasteiger partial charge on any atom is -0.392 e. The molecular formula is C19H21N5O. The summed E-state index contributed by atoms with van der Waals surface area (Å²) >= 11 is 0. The van der Waals surface area contributed by atoms with Gasteiger partial charge in [-0.25, -0.2) is 4.98 Å². The lowest BCUT2D eigenvalue weighted by Gasteiger charge is -2.13. The normalized spacial score (nSPS) is 10.6. The lowest BCUT2D eigenvalue weighted by molar-refractivity contribution is 0.799. The molecule has 1 aromatic carbocycles. The van der Waals surface area contributed by atoms with Crippen LogP contribution in [-0.4, -0.2) is 21.1 Å². The van der Waals surface area contributed by atoms with E-state index in [0.717, 1.165) is 24.9 Å². The van der Waals surface area contributed by atoms with Crippen LogP contribution < -0.4 is 16.6 Å². The number of nitrogens with zero attached hydrogens (tertiary/aromatic N) is 3. The molecule has 0 aliphatic carbocycles. The number of nitrogens with two attached hydrogens (primary N) is 1. The van der Waals surface area contributed by atoms with Gasteiger partial charge in [0.25, 0.3) is 5.56 Å². The molecule has 6 heteroatoms. The summed E-state index contributed by atoms with van der Waals surface area (Å²) in [4.78, 5) is 20.9. The van der Waals surface area contributed by atoms with E-state index in [1.807, 2.05) is 18.2 Å². The Balaban J connectivity index is 1.75. The van der Waals surface area contributed by atoms with Gasteiger partial charge in [0.2, 0.25) is 5.95 Å². The van der Waals surface area contributed by atoms with E-state index in [1.165, 1.54) is 10.1 Å². The summed E-state index contributed by atoms with van der Waals surface area (Å²) < 4.78 is 1.45. The molecule has 0 amide bonds. The van der Waals surface area contributed by atoms with Crippen LogP contribution in [0.25, 0.3) is 11.3 Å². The van der Waals surface area contributed by atoms with Crippen molar-refractivity contribution >= 4 is 11.6 Å². The lowest BCUT2D eigenvalue weighted by atomic mass is 10.1. The molecule has 0 radical (unpaired) electrons. The molecule has 0 spiro atoms. The quantitative estimate of drug-likeness (QED) is 0.676. The Hall–Kier alpha value is -3.15. The Morgan fingerprint density at radius 2 is 1.84 bits per heavy atom. The zero-order valence-electron chi connectivity index (χ0n) is 14.1. The summed E-state index contributed by atoms with van der Waals surface area (Å²) in [6, 6.07) is 13.9. The maximum atomic E-state index is 12.4.